The smallest absolute Gasteiger partial charge is 0.325 e. The molecule has 1 saturated carbocycles. The average Bonchev–Trinajstić information content (AvgIpc) is 3.33. The van der Waals surface area contributed by atoms with Crippen molar-refractivity contribution in [1.82, 2.24) is 24.9 Å². The van der Waals surface area contributed by atoms with Crippen LogP contribution < -0.4 is 5.32 Å². The molecule has 4 rings (SSSR count). The van der Waals surface area contributed by atoms with Crippen LogP contribution in [0.25, 0.3) is 0 Å². The molecule has 10 nitrogen and oxygen atoms in total. The summed E-state index contributed by atoms with van der Waals surface area (Å²) >= 11 is 0. The summed E-state index contributed by atoms with van der Waals surface area (Å²) in [5.74, 6) is -0.361. The third-order valence-electron chi connectivity index (χ3n) is 7.64. The summed E-state index contributed by atoms with van der Waals surface area (Å²) in [6.07, 6.45) is 3.92. The third-order valence-corrected chi connectivity index (χ3v) is 9.40. The molecule has 1 spiro atoms. The van der Waals surface area contributed by atoms with Gasteiger partial charge in [0.25, 0.3) is 5.91 Å². The van der Waals surface area contributed by atoms with Gasteiger partial charge in [0.05, 0.1) is 23.2 Å². The van der Waals surface area contributed by atoms with Gasteiger partial charge in [-0.2, -0.15) is 5.10 Å². The van der Waals surface area contributed by atoms with Crippen LogP contribution in [0.15, 0.2) is 0 Å². The summed E-state index contributed by atoms with van der Waals surface area (Å²) in [5.41, 5.74) is 1.54. The summed E-state index contributed by atoms with van der Waals surface area (Å²) in [4.78, 5) is 41.2. The highest BCUT2D eigenvalue weighted by atomic mass is 32.2. The number of urea groups is 1. The first-order chi connectivity index (χ1) is 15.4. The molecular formula is C22H33N5O5S. The van der Waals surface area contributed by atoms with Crippen molar-refractivity contribution in [3.8, 4) is 0 Å². The van der Waals surface area contributed by atoms with Crippen molar-refractivity contribution >= 4 is 27.7 Å². The highest BCUT2D eigenvalue weighted by molar-refractivity contribution is 7.91. The Balaban J connectivity index is 1.44. The number of carbonyl (C=O) groups excluding carboxylic acids is 3. The quantitative estimate of drug-likeness (QED) is 0.636. The summed E-state index contributed by atoms with van der Waals surface area (Å²) in [6.45, 7) is 5.66. The average molecular weight is 480 g/mol. The van der Waals surface area contributed by atoms with Gasteiger partial charge in [0.15, 0.2) is 9.84 Å². The Morgan fingerprint density at radius 1 is 1.24 bits per heavy atom. The van der Waals surface area contributed by atoms with E-state index in [9.17, 15) is 22.8 Å². The number of aromatic nitrogens is 2. The topological polar surface area (TPSA) is 122 Å². The molecule has 1 N–H and O–H groups in total. The molecule has 1 aromatic rings. The van der Waals surface area contributed by atoms with Gasteiger partial charge in [0.2, 0.25) is 5.91 Å². The van der Waals surface area contributed by atoms with Gasteiger partial charge < -0.3 is 10.2 Å². The summed E-state index contributed by atoms with van der Waals surface area (Å²) < 4.78 is 25.5. The Hall–Kier alpha value is -2.43. The van der Waals surface area contributed by atoms with E-state index in [2.05, 4.69) is 10.4 Å². The maximum Gasteiger partial charge on any atom is 0.325 e. The van der Waals surface area contributed by atoms with Gasteiger partial charge >= 0.3 is 6.03 Å². The molecule has 3 heterocycles. The van der Waals surface area contributed by atoms with Crippen molar-refractivity contribution in [2.24, 2.45) is 5.92 Å². The van der Waals surface area contributed by atoms with Crippen LogP contribution in [0.4, 0.5) is 4.79 Å². The number of imide groups is 1. The van der Waals surface area contributed by atoms with Crippen molar-refractivity contribution in [2.45, 2.75) is 71.0 Å². The van der Waals surface area contributed by atoms with Crippen LogP contribution in [0.1, 0.15) is 62.0 Å². The van der Waals surface area contributed by atoms with Crippen LogP contribution in [0.5, 0.6) is 0 Å². The maximum atomic E-state index is 13.1. The van der Waals surface area contributed by atoms with E-state index in [-0.39, 0.29) is 48.4 Å². The number of aryl methyl sites for hydroxylation is 1. The number of nitrogens with zero attached hydrogens (tertiary/aromatic N) is 4. The van der Waals surface area contributed by atoms with E-state index < -0.39 is 21.4 Å². The molecular weight excluding hydrogens is 446 g/mol. The lowest BCUT2D eigenvalue weighted by molar-refractivity contribution is -0.140. The predicted octanol–water partition coefficient (Wildman–Crippen LogP) is 1.32. The van der Waals surface area contributed by atoms with Crippen molar-refractivity contribution in [1.29, 1.82) is 0 Å². The second-order valence-corrected chi connectivity index (χ2v) is 12.1. The molecule has 0 aromatic carbocycles. The Morgan fingerprint density at radius 2 is 1.97 bits per heavy atom. The molecule has 2 saturated heterocycles. The molecule has 1 aliphatic carbocycles. The second kappa shape index (κ2) is 8.41. The number of carbonyl (C=O) groups is 3. The van der Waals surface area contributed by atoms with Crippen molar-refractivity contribution in [3.05, 3.63) is 17.0 Å². The first-order valence-electron chi connectivity index (χ1n) is 11.6. The standard InChI is InChI=1S/C22H33N5O5S/c1-14-7-5-6-9-22(14)20(29)26(21(30)23-22)12-19(28)25(4)11-18-15(2)24-27(16(18)3)17-8-10-33(31,32)13-17/h14,17H,5-13H2,1-4H3,(H,23,30). The molecule has 3 atom stereocenters. The molecule has 3 aliphatic rings. The minimum Gasteiger partial charge on any atom is -0.340 e. The molecule has 3 unspecified atom stereocenters. The Kier molecular flexibility index (Phi) is 6.05. The molecule has 0 bridgehead atoms. The van der Waals surface area contributed by atoms with Gasteiger partial charge in [0, 0.05) is 24.8 Å². The van der Waals surface area contributed by atoms with Crippen LogP contribution in [0.3, 0.4) is 0 Å². The van der Waals surface area contributed by atoms with Gasteiger partial charge in [0.1, 0.15) is 12.1 Å². The van der Waals surface area contributed by atoms with Gasteiger partial charge in [-0.3, -0.25) is 19.2 Å². The van der Waals surface area contributed by atoms with Gasteiger partial charge in [-0.15, -0.1) is 0 Å². The first-order valence-corrected chi connectivity index (χ1v) is 13.4. The fourth-order valence-electron chi connectivity index (χ4n) is 5.47. The lowest BCUT2D eigenvalue weighted by atomic mass is 9.73. The highest BCUT2D eigenvalue weighted by Gasteiger charge is 2.55. The Morgan fingerprint density at radius 3 is 2.61 bits per heavy atom. The number of hydrogen-bond donors (Lipinski definition) is 1. The molecule has 2 aliphatic heterocycles. The zero-order valence-corrected chi connectivity index (χ0v) is 20.6. The minimum absolute atomic E-state index is 0.0380. The van der Waals surface area contributed by atoms with Gasteiger partial charge in [-0.25, -0.2) is 13.2 Å². The van der Waals surface area contributed by atoms with E-state index in [4.69, 9.17) is 0 Å². The Labute approximate surface area is 194 Å². The maximum absolute atomic E-state index is 13.1. The molecule has 0 radical (unpaired) electrons. The first kappa shape index (κ1) is 23.7. The van der Waals surface area contributed by atoms with E-state index in [1.807, 2.05) is 20.8 Å². The third kappa shape index (κ3) is 4.15. The molecule has 33 heavy (non-hydrogen) atoms. The van der Waals surface area contributed by atoms with Crippen LogP contribution in [0, 0.1) is 19.8 Å². The number of nitrogens with one attached hydrogen (secondary N) is 1. The summed E-state index contributed by atoms with van der Waals surface area (Å²) in [6, 6.07) is -0.693. The van der Waals surface area contributed by atoms with Crippen LogP contribution in [0.2, 0.25) is 0 Å². The van der Waals surface area contributed by atoms with Crippen LogP contribution >= 0.6 is 0 Å². The number of sulfone groups is 1. The zero-order chi connectivity index (χ0) is 24.1. The second-order valence-electron chi connectivity index (χ2n) is 9.84. The fourth-order valence-corrected chi connectivity index (χ4v) is 7.16. The predicted molar refractivity (Wildman–Crippen MR) is 121 cm³/mol. The van der Waals surface area contributed by atoms with Crippen molar-refractivity contribution < 1.29 is 22.8 Å². The minimum atomic E-state index is -3.04. The lowest BCUT2D eigenvalue weighted by Gasteiger charge is -2.36. The molecule has 3 fully saturated rings. The lowest BCUT2D eigenvalue weighted by Crippen LogP contribution is -2.54. The van der Waals surface area contributed by atoms with E-state index in [0.29, 0.717) is 12.8 Å². The summed E-state index contributed by atoms with van der Waals surface area (Å²) in [7, 11) is -1.41. The van der Waals surface area contributed by atoms with E-state index >= 15 is 0 Å². The monoisotopic (exact) mass is 479 g/mol. The SMILES string of the molecule is Cc1nn(C2CCS(=O)(=O)C2)c(C)c1CN(C)C(=O)CN1C(=O)NC2(CCCCC2C)C1=O. The summed E-state index contributed by atoms with van der Waals surface area (Å²) in [5, 5.41) is 7.43. The van der Waals surface area contributed by atoms with Crippen LogP contribution in [-0.2, 0) is 26.0 Å². The number of amides is 4. The Bertz CT molecular complexity index is 1100. The number of hydrogen-bond acceptors (Lipinski definition) is 6. The highest BCUT2D eigenvalue weighted by Crippen LogP contribution is 2.38. The number of rotatable bonds is 5. The van der Waals surface area contributed by atoms with Crippen LogP contribution in [-0.4, -0.2) is 76.5 Å². The van der Waals surface area contributed by atoms with Gasteiger partial charge in [-0.1, -0.05) is 19.8 Å². The van der Waals surface area contributed by atoms with Gasteiger partial charge in [-0.05, 0) is 39.0 Å². The molecule has 11 heteroatoms. The van der Waals surface area contributed by atoms with Crippen molar-refractivity contribution in [3.63, 3.8) is 0 Å². The zero-order valence-electron chi connectivity index (χ0n) is 19.8. The van der Waals surface area contributed by atoms with E-state index in [1.54, 1.807) is 11.7 Å². The van der Waals surface area contributed by atoms with Crippen molar-refractivity contribution in [2.75, 3.05) is 25.1 Å². The fraction of sp³-hybridized carbons (Fsp3) is 0.727. The molecule has 1 aromatic heterocycles. The number of likely N-dealkylation sites (N-methyl/N-ethyl adjacent to an activating group) is 1. The normalized spacial score (nSPS) is 29.0. The van der Waals surface area contributed by atoms with E-state index in [0.717, 1.165) is 41.1 Å². The molecule has 182 valence electrons. The van der Waals surface area contributed by atoms with E-state index in [1.165, 1.54) is 4.90 Å². The molecule has 4 amide bonds. The largest absolute Gasteiger partial charge is 0.340 e.